The van der Waals surface area contributed by atoms with Crippen LogP contribution in [-0.2, 0) is 13.7 Å². The van der Waals surface area contributed by atoms with E-state index in [4.69, 9.17) is 9.72 Å². The molecule has 7 rings (SSSR count). The van der Waals surface area contributed by atoms with Gasteiger partial charge in [0.25, 0.3) is 0 Å². The van der Waals surface area contributed by atoms with Crippen LogP contribution in [0.25, 0.3) is 32.8 Å². The molecule has 0 spiro atoms. The van der Waals surface area contributed by atoms with E-state index in [9.17, 15) is 5.11 Å². The number of aromatic hydroxyl groups is 1. The Morgan fingerprint density at radius 1 is 1.03 bits per heavy atom. The van der Waals surface area contributed by atoms with Crippen molar-refractivity contribution >= 4 is 27.5 Å². The first-order valence-electron chi connectivity index (χ1n) is 12.8. The second kappa shape index (κ2) is 8.95. The van der Waals surface area contributed by atoms with E-state index in [0.717, 1.165) is 42.4 Å². The molecule has 0 unspecified atom stereocenters. The van der Waals surface area contributed by atoms with Crippen molar-refractivity contribution in [3.63, 3.8) is 0 Å². The van der Waals surface area contributed by atoms with Gasteiger partial charge in [0.1, 0.15) is 23.7 Å². The first-order valence-corrected chi connectivity index (χ1v) is 12.8. The molecular formula is C29H27FN6O2. The lowest BCUT2D eigenvalue weighted by atomic mass is 9.96. The van der Waals surface area contributed by atoms with Crippen LogP contribution >= 0.6 is 0 Å². The number of hydrogen-bond acceptors (Lipinski definition) is 7. The molecule has 2 aromatic heterocycles. The Labute approximate surface area is 218 Å². The van der Waals surface area contributed by atoms with Gasteiger partial charge < -0.3 is 24.6 Å². The Morgan fingerprint density at radius 2 is 1.84 bits per heavy atom. The van der Waals surface area contributed by atoms with E-state index in [1.54, 1.807) is 30.7 Å². The van der Waals surface area contributed by atoms with E-state index in [2.05, 4.69) is 20.2 Å². The Morgan fingerprint density at radius 3 is 2.63 bits per heavy atom. The molecule has 38 heavy (non-hydrogen) atoms. The molecule has 3 aromatic carbocycles. The van der Waals surface area contributed by atoms with Gasteiger partial charge in [-0.15, -0.1) is 0 Å². The number of phenols is 1. The highest BCUT2D eigenvalue weighted by Gasteiger charge is 2.34. The van der Waals surface area contributed by atoms with Gasteiger partial charge in [-0.2, -0.15) is 9.97 Å². The molecular weight excluding hydrogens is 483 g/mol. The van der Waals surface area contributed by atoms with Gasteiger partial charge in [0.15, 0.2) is 5.82 Å². The Balaban J connectivity index is 1.38. The van der Waals surface area contributed by atoms with E-state index in [-0.39, 0.29) is 23.9 Å². The Bertz CT molecular complexity index is 1670. The van der Waals surface area contributed by atoms with Gasteiger partial charge in [-0.25, -0.2) is 9.37 Å². The summed E-state index contributed by atoms with van der Waals surface area (Å²) in [7, 11) is 1.89. The topological polar surface area (TPSA) is 88.3 Å². The van der Waals surface area contributed by atoms with Crippen molar-refractivity contribution in [2.24, 2.45) is 7.05 Å². The third kappa shape index (κ3) is 3.90. The van der Waals surface area contributed by atoms with Crippen LogP contribution in [-0.4, -0.2) is 49.8 Å². The maximum atomic E-state index is 16.4. The summed E-state index contributed by atoms with van der Waals surface area (Å²) in [6, 6.07) is 15.5. The molecule has 2 fully saturated rings. The largest absolute Gasteiger partial charge is 0.508 e. The number of nitrogens with one attached hydrogen (secondary N) is 1. The summed E-state index contributed by atoms with van der Waals surface area (Å²) in [6.07, 6.45) is 5.67. The Kier molecular flexibility index (Phi) is 5.40. The van der Waals surface area contributed by atoms with Gasteiger partial charge in [0, 0.05) is 43.2 Å². The molecule has 0 aliphatic carbocycles. The monoisotopic (exact) mass is 510 g/mol. The van der Waals surface area contributed by atoms with Crippen molar-refractivity contribution in [2.75, 3.05) is 18.0 Å². The second-order valence-corrected chi connectivity index (χ2v) is 10.2. The second-order valence-electron chi connectivity index (χ2n) is 10.2. The molecule has 9 heteroatoms. The van der Waals surface area contributed by atoms with Gasteiger partial charge in [-0.3, -0.25) is 0 Å². The zero-order valence-corrected chi connectivity index (χ0v) is 20.9. The van der Waals surface area contributed by atoms with Crippen LogP contribution in [0, 0.1) is 5.82 Å². The molecule has 2 N–H and O–H groups in total. The summed E-state index contributed by atoms with van der Waals surface area (Å²) in [6.45, 7) is 1.81. The van der Waals surface area contributed by atoms with Crippen molar-refractivity contribution in [2.45, 2.75) is 31.5 Å². The highest BCUT2D eigenvalue weighted by molar-refractivity contribution is 6.01. The van der Waals surface area contributed by atoms with E-state index in [1.165, 1.54) is 0 Å². The number of fused-ring (bicyclic) bond motifs is 4. The molecule has 2 aliphatic rings. The first-order chi connectivity index (χ1) is 18.5. The van der Waals surface area contributed by atoms with E-state index in [0.29, 0.717) is 34.4 Å². The normalized spacial score (nSPS) is 18.9. The third-order valence-electron chi connectivity index (χ3n) is 7.68. The summed E-state index contributed by atoms with van der Waals surface area (Å²) < 4.78 is 24.3. The molecule has 0 amide bonds. The lowest BCUT2D eigenvalue weighted by Gasteiger charge is -2.34. The van der Waals surface area contributed by atoms with E-state index >= 15 is 4.39 Å². The molecule has 0 saturated carbocycles. The number of aromatic nitrogens is 4. The van der Waals surface area contributed by atoms with Gasteiger partial charge in [-0.1, -0.05) is 30.3 Å². The van der Waals surface area contributed by atoms with Crippen molar-refractivity contribution in [3.8, 4) is 22.9 Å². The predicted octanol–water partition coefficient (Wildman–Crippen LogP) is 4.55. The molecule has 192 valence electrons. The molecule has 2 saturated heterocycles. The fraction of sp³-hybridized carbons (Fsp3) is 0.276. The maximum Gasteiger partial charge on any atom is 0.319 e. The quantitative estimate of drug-likeness (QED) is 0.359. The van der Waals surface area contributed by atoms with Crippen LogP contribution in [0.2, 0.25) is 0 Å². The highest BCUT2D eigenvalue weighted by Crippen LogP contribution is 2.39. The smallest absolute Gasteiger partial charge is 0.319 e. The average molecular weight is 511 g/mol. The summed E-state index contributed by atoms with van der Waals surface area (Å²) >= 11 is 0. The third-order valence-corrected chi connectivity index (χ3v) is 7.68. The maximum absolute atomic E-state index is 16.4. The van der Waals surface area contributed by atoms with Gasteiger partial charge >= 0.3 is 6.01 Å². The number of anilines is 1. The fourth-order valence-electron chi connectivity index (χ4n) is 5.79. The highest BCUT2D eigenvalue weighted by atomic mass is 19.1. The minimum Gasteiger partial charge on any atom is -0.508 e. The van der Waals surface area contributed by atoms with E-state index < -0.39 is 5.82 Å². The number of piperazine rings is 1. The number of benzene rings is 3. The number of halogens is 1. The van der Waals surface area contributed by atoms with Crippen LogP contribution < -0.4 is 15.0 Å². The fourth-order valence-corrected chi connectivity index (χ4v) is 5.79. The molecule has 4 heterocycles. The van der Waals surface area contributed by atoms with Crippen LogP contribution in [0.1, 0.15) is 18.5 Å². The van der Waals surface area contributed by atoms with Crippen LogP contribution in [0.5, 0.6) is 11.8 Å². The summed E-state index contributed by atoms with van der Waals surface area (Å²) in [5, 5.41) is 16.4. The number of rotatable bonds is 5. The lowest BCUT2D eigenvalue weighted by molar-refractivity contribution is 0.273. The average Bonchev–Trinajstić information content (AvgIpc) is 3.50. The molecule has 2 bridgehead atoms. The van der Waals surface area contributed by atoms with Crippen molar-refractivity contribution < 1.29 is 14.2 Å². The van der Waals surface area contributed by atoms with Gasteiger partial charge in [0.05, 0.1) is 18.2 Å². The van der Waals surface area contributed by atoms with Crippen molar-refractivity contribution in [1.82, 2.24) is 24.8 Å². The number of hydrogen-bond donors (Lipinski definition) is 2. The van der Waals surface area contributed by atoms with Crippen LogP contribution in [0.3, 0.4) is 0 Å². The summed E-state index contributed by atoms with van der Waals surface area (Å²) in [5.41, 5.74) is 2.03. The molecule has 2 atom stereocenters. The number of aryl methyl sites for hydroxylation is 1. The summed E-state index contributed by atoms with van der Waals surface area (Å²) in [4.78, 5) is 15.7. The molecule has 2 aliphatic heterocycles. The zero-order chi connectivity index (χ0) is 25.8. The molecule has 5 aromatic rings. The first kappa shape index (κ1) is 22.9. The Hall–Kier alpha value is -4.24. The van der Waals surface area contributed by atoms with Crippen LogP contribution in [0.15, 0.2) is 61.1 Å². The van der Waals surface area contributed by atoms with Gasteiger partial charge in [-0.05, 0) is 47.4 Å². The van der Waals surface area contributed by atoms with Crippen molar-refractivity contribution in [3.05, 3.63) is 72.6 Å². The van der Waals surface area contributed by atoms with Crippen molar-refractivity contribution in [1.29, 1.82) is 0 Å². The standard InChI is InChI=1S/C29H27FN6O2/c1-35-16-31-12-20(35)15-38-29-33-27-24(28(34-29)36-13-18-6-7-19(14-36)32-18)9-8-23(26(27)30)25-11-21(37)10-17-4-2-3-5-22(17)25/h2-5,8-12,16,18-19,32,37H,6-7,13-15H2,1H3/t18-,19+. The predicted molar refractivity (Wildman–Crippen MR) is 144 cm³/mol. The van der Waals surface area contributed by atoms with Crippen LogP contribution in [0.4, 0.5) is 10.2 Å². The molecule has 8 nitrogen and oxygen atoms in total. The number of ether oxygens (including phenoxy) is 1. The van der Waals surface area contributed by atoms with Gasteiger partial charge in [0.2, 0.25) is 0 Å². The SMILES string of the molecule is Cn1cncc1COc1nc(N2C[C@H]3CC[C@@H](C2)N3)c2ccc(-c3cc(O)cc4ccccc34)c(F)c2n1. The minimum atomic E-state index is -0.467. The molecule has 0 radical (unpaired) electrons. The number of phenolic OH excluding ortho intramolecular Hbond substituents is 1. The van der Waals surface area contributed by atoms with E-state index in [1.807, 2.05) is 41.9 Å². The zero-order valence-electron chi connectivity index (χ0n) is 20.9. The number of imidazole rings is 1. The lowest BCUT2D eigenvalue weighted by Crippen LogP contribution is -2.51. The number of nitrogens with zero attached hydrogens (tertiary/aromatic N) is 5. The minimum absolute atomic E-state index is 0.0815. The summed E-state index contributed by atoms with van der Waals surface area (Å²) in [5.74, 6) is 0.295.